The zero-order valence-corrected chi connectivity index (χ0v) is 14.6. The van der Waals surface area contributed by atoms with Crippen LogP contribution in [0.2, 0.25) is 0 Å². The van der Waals surface area contributed by atoms with E-state index in [0.717, 1.165) is 25.1 Å². The van der Waals surface area contributed by atoms with Gasteiger partial charge in [0.15, 0.2) is 0 Å². The minimum Gasteiger partial charge on any atom is -0.355 e. The summed E-state index contributed by atoms with van der Waals surface area (Å²) in [7, 11) is 4.00. The summed E-state index contributed by atoms with van der Waals surface area (Å²) in [5.74, 6) is -0.335. The van der Waals surface area contributed by atoms with Gasteiger partial charge in [-0.05, 0) is 59.0 Å². The molecule has 126 valence electrons. The van der Waals surface area contributed by atoms with E-state index in [2.05, 4.69) is 10.2 Å². The van der Waals surface area contributed by atoms with Gasteiger partial charge in [-0.1, -0.05) is 18.2 Å². The first kappa shape index (κ1) is 17.5. The number of carbonyl (C=O) groups is 2. The van der Waals surface area contributed by atoms with Crippen LogP contribution in [0, 0.1) is 5.41 Å². The van der Waals surface area contributed by atoms with Gasteiger partial charge in [-0.15, -0.1) is 0 Å². The lowest BCUT2D eigenvalue weighted by atomic mass is 9.90. The summed E-state index contributed by atoms with van der Waals surface area (Å²) in [6.07, 6.45) is 1.72. The van der Waals surface area contributed by atoms with E-state index in [9.17, 15) is 9.59 Å². The molecule has 0 bridgehead atoms. The molecule has 2 rings (SSSR count). The van der Waals surface area contributed by atoms with Crippen molar-refractivity contribution in [2.75, 3.05) is 38.6 Å². The molecule has 0 spiro atoms. The molecule has 0 fully saturated rings. The number of nitrogens with one attached hydrogen (secondary N) is 1. The van der Waals surface area contributed by atoms with E-state index in [1.807, 2.05) is 38.4 Å². The second kappa shape index (κ2) is 7.13. The molecule has 0 saturated carbocycles. The highest BCUT2D eigenvalue weighted by molar-refractivity contribution is 6.11. The molecule has 0 saturated heterocycles. The van der Waals surface area contributed by atoms with Crippen LogP contribution in [-0.2, 0) is 16.0 Å². The van der Waals surface area contributed by atoms with E-state index in [1.54, 1.807) is 18.7 Å². The Morgan fingerprint density at radius 1 is 1.26 bits per heavy atom. The highest BCUT2D eigenvalue weighted by atomic mass is 16.2. The fraction of sp³-hybridized carbons (Fsp3) is 0.556. The number of para-hydroxylation sites is 1. The fourth-order valence-electron chi connectivity index (χ4n) is 2.80. The van der Waals surface area contributed by atoms with Gasteiger partial charge < -0.3 is 15.1 Å². The lowest BCUT2D eigenvalue weighted by Gasteiger charge is -2.28. The van der Waals surface area contributed by atoms with Gasteiger partial charge in [0.2, 0.25) is 11.8 Å². The summed E-state index contributed by atoms with van der Waals surface area (Å²) in [6.45, 7) is 5.56. The average Bonchev–Trinajstić information content (AvgIpc) is 2.94. The van der Waals surface area contributed by atoms with Crippen molar-refractivity contribution < 1.29 is 9.59 Å². The van der Waals surface area contributed by atoms with Crippen molar-refractivity contribution in [1.29, 1.82) is 0 Å². The van der Waals surface area contributed by atoms with Crippen molar-refractivity contribution in [3.05, 3.63) is 29.8 Å². The van der Waals surface area contributed by atoms with E-state index in [0.29, 0.717) is 13.1 Å². The maximum Gasteiger partial charge on any atom is 0.242 e. The zero-order chi connectivity index (χ0) is 17.0. The second-order valence-corrected chi connectivity index (χ2v) is 6.87. The predicted molar refractivity (Wildman–Crippen MR) is 92.5 cm³/mol. The van der Waals surface area contributed by atoms with E-state index >= 15 is 0 Å². The van der Waals surface area contributed by atoms with Gasteiger partial charge in [0.1, 0.15) is 5.41 Å². The van der Waals surface area contributed by atoms with Crippen molar-refractivity contribution in [3.63, 3.8) is 0 Å². The van der Waals surface area contributed by atoms with Crippen molar-refractivity contribution in [2.45, 2.75) is 26.7 Å². The molecule has 0 atom stereocenters. The summed E-state index contributed by atoms with van der Waals surface area (Å²) in [4.78, 5) is 29.1. The Balaban J connectivity index is 1.99. The van der Waals surface area contributed by atoms with Gasteiger partial charge >= 0.3 is 0 Å². The lowest BCUT2D eigenvalue weighted by Crippen LogP contribution is -2.49. The number of hydrogen-bond donors (Lipinski definition) is 1. The molecule has 1 N–H and O–H groups in total. The quantitative estimate of drug-likeness (QED) is 0.641. The standard InChI is InChI=1S/C18H27N3O2/c1-18(2,16(22)19-11-7-12-20(3)4)17(23)21-13-10-14-8-5-6-9-15(14)21/h5-6,8-9H,7,10-13H2,1-4H3,(H,19,22). The number of amides is 2. The van der Waals surface area contributed by atoms with Crippen LogP contribution in [0.25, 0.3) is 0 Å². The zero-order valence-electron chi connectivity index (χ0n) is 14.6. The Morgan fingerprint density at radius 2 is 1.96 bits per heavy atom. The van der Waals surface area contributed by atoms with Crippen molar-refractivity contribution >= 4 is 17.5 Å². The van der Waals surface area contributed by atoms with Crippen molar-refractivity contribution in [3.8, 4) is 0 Å². The van der Waals surface area contributed by atoms with E-state index < -0.39 is 5.41 Å². The van der Waals surface area contributed by atoms with Crippen LogP contribution in [-0.4, -0.2) is 50.4 Å². The highest BCUT2D eigenvalue weighted by Crippen LogP contribution is 2.31. The maximum atomic E-state index is 12.9. The minimum absolute atomic E-state index is 0.132. The Hall–Kier alpha value is -1.88. The third-order valence-electron chi connectivity index (χ3n) is 4.30. The van der Waals surface area contributed by atoms with Gasteiger partial charge in [-0.25, -0.2) is 0 Å². The Labute approximate surface area is 138 Å². The van der Waals surface area contributed by atoms with E-state index in [-0.39, 0.29) is 11.8 Å². The van der Waals surface area contributed by atoms with Gasteiger partial charge in [-0.2, -0.15) is 0 Å². The molecule has 1 aliphatic rings. The maximum absolute atomic E-state index is 12.9. The molecule has 1 aromatic carbocycles. The molecular formula is C18H27N3O2. The summed E-state index contributed by atoms with van der Waals surface area (Å²) >= 11 is 0. The molecular weight excluding hydrogens is 290 g/mol. The van der Waals surface area contributed by atoms with Crippen LogP contribution in [0.3, 0.4) is 0 Å². The van der Waals surface area contributed by atoms with Gasteiger partial charge in [-0.3, -0.25) is 9.59 Å². The van der Waals surface area contributed by atoms with E-state index in [4.69, 9.17) is 0 Å². The minimum atomic E-state index is -1.06. The van der Waals surface area contributed by atoms with Crippen LogP contribution in [0.1, 0.15) is 25.8 Å². The van der Waals surface area contributed by atoms with Gasteiger partial charge in [0, 0.05) is 18.8 Å². The van der Waals surface area contributed by atoms with Crippen molar-refractivity contribution in [2.24, 2.45) is 5.41 Å². The summed E-state index contributed by atoms with van der Waals surface area (Å²) in [6, 6.07) is 7.90. The first-order valence-corrected chi connectivity index (χ1v) is 8.17. The SMILES string of the molecule is CN(C)CCCNC(=O)C(C)(C)C(=O)N1CCc2ccccc21. The molecule has 23 heavy (non-hydrogen) atoms. The number of anilines is 1. The molecule has 0 radical (unpaired) electrons. The van der Waals surface area contributed by atoms with Crippen LogP contribution >= 0.6 is 0 Å². The topological polar surface area (TPSA) is 52.7 Å². The van der Waals surface area contributed by atoms with Crippen LogP contribution in [0.4, 0.5) is 5.69 Å². The second-order valence-electron chi connectivity index (χ2n) is 6.87. The summed E-state index contributed by atoms with van der Waals surface area (Å²) < 4.78 is 0. The monoisotopic (exact) mass is 317 g/mol. The molecule has 5 nitrogen and oxygen atoms in total. The molecule has 0 aliphatic carbocycles. The van der Waals surface area contributed by atoms with Gasteiger partial charge in [0.25, 0.3) is 0 Å². The number of nitrogens with zero attached hydrogens (tertiary/aromatic N) is 2. The lowest BCUT2D eigenvalue weighted by molar-refractivity contribution is -0.139. The first-order valence-electron chi connectivity index (χ1n) is 8.17. The summed E-state index contributed by atoms with van der Waals surface area (Å²) in [5.41, 5.74) is 1.05. The number of carbonyl (C=O) groups excluding carboxylic acids is 2. The molecule has 1 aromatic rings. The van der Waals surface area contributed by atoms with E-state index in [1.165, 1.54) is 5.56 Å². The number of benzene rings is 1. The summed E-state index contributed by atoms with van der Waals surface area (Å²) in [5, 5.41) is 2.89. The first-order chi connectivity index (χ1) is 10.8. The smallest absolute Gasteiger partial charge is 0.242 e. The molecule has 1 aliphatic heterocycles. The number of rotatable bonds is 6. The Morgan fingerprint density at radius 3 is 2.65 bits per heavy atom. The van der Waals surface area contributed by atoms with Crippen LogP contribution < -0.4 is 10.2 Å². The Kier molecular flexibility index (Phi) is 5.42. The van der Waals surface area contributed by atoms with Gasteiger partial charge in [0.05, 0.1) is 0 Å². The molecule has 2 amide bonds. The third kappa shape index (κ3) is 3.91. The predicted octanol–water partition coefficient (Wildman–Crippen LogP) is 1.67. The molecule has 1 heterocycles. The van der Waals surface area contributed by atoms with Crippen molar-refractivity contribution in [1.82, 2.24) is 10.2 Å². The highest BCUT2D eigenvalue weighted by Gasteiger charge is 2.41. The molecule has 5 heteroatoms. The average molecular weight is 317 g/mol. The molecule has 0 aromatic heterocycles. The number of hydrogen-bond acceptors (Lipinski definition) is 3. The third-order valence-corrected chi connectivity index (χ3v) is 4.30. The van der Waals surface area contributed by atoms with Crippen LogP contribution in [0.15, 0.2) is 24.3 Å². The molecule has 0 unspecified atom stereocenters. The fourth-order valence-corrected chi connectivity index (χ4v) is 2.80. The number of fused-ring (bicyclic) bond motifs is 1. The Bertz CT molecular complexity index is 581. The normalized spacial score (nSPS) is 14.0. The largest absolute Gasteiger partial charge is 0.355 e. The van der Waals surface area contributed by atoms with Crippen LogP contribution in [0.5, 0.6) is 0 Å².